The van der Waals surface area contributed by atoms with E-state index in [1.165, 1.54) is 24.5 Å². The first-order chi connectivity index (χ1) is 17.6. The minimum absolute atomic E-state index is 0.137. The zero-order valence-corrected chi connectivity index (χ0v) is 20.3. The summed E-state index contributed by atoms with van der Waals surface area (Å²) in [7, 11) is 0. The lowest BCUT2D eigenvalue weighted by Gasteiger charge is -2.13. The van der Waals surface area contributed by atoms with E-state index in [1.54, 1.807) is 30.3 Å². The highest BCUT2D eigenvalue weighted by Crippen LogP contribution is 2.30. The lowest BCUT2D eigenvalue weighted by Crippen LogP contribution is -2.35. The van der Waals surface area contributed by atoms with Crippen LogP contribution in [0.2, 0.25) is 5.02 Å². The highest BCUT2D eigenvalue weighted by molar-refractivity contribution is 6.33. The maximum Gasteiger partial charge on any atom is 0.307 e. The standard InChI is InChI=1S/C15H13ClFNO2.C9H11N3O5/c1-9-5-6-13(10(7-9)8-14(19)20)18-15-11(16)3-2-4-12(15)17;13-8(6-17-12(15)16)5-11-9(14)7-2-1-3-10-4-7/h2-7,18H,8H2,1H3,(H,19,20);1-4,8,13H,5-6H2,(H,11,14)/t;8-/m.1/s1. The van der Waals surface area contributed by atoms with Crippen molar-refractivity contribution < 1.29 is 34.1 Å². The largest absolute Gasteiger partial charge is 0.481 e. The molecule has 1 aromatic heterocycles. The van der Waals surface area contributed by atoms with Crippen molar-refractivity contribution in [2.45, 2.75) is 19.4 Å². The number of carbonyl (C=O) groups excluding carboxylic acids is 1. The number of carboxylic acid groups (broad SMARTS) is 1. The molecule has 0 bridgehead atoms. The summed E-state index contributed by atoms with van der Waals surface area (Å²) < 4.78 is 13.7. The van der Waals surface area contributed by atoms with Gasteiger partial charge in [0.1, 0.15) is 12.4 Å². The Morgan fingerprint density at radius 2 is 2.00 bits per heavy atom. The number of amides is 1. The van der Waals surface area contributed by atoms with Gasteiger partial charge in [-0.2, -0.15) is 0 Å². The van der Waals surface area contributed by atoms with Crippen molar-refractivity contribution in [2.24, 2.45) is 0 Å². The average Bonchev–Trinajstić information content (AvgIpc) is 2.85. The van der Waals surface area contributed by atoms with Crippen LogP contribution in [0.15, 0.2) is 60.9 Å². The maximum atomic E-state index is 13.7. The van der Waals surface area contributed by atoms with Crippen molar-refractivity contribution in [2.75, 3.05) is 18.5 Å². The number of carbonyl (C=O) groups is 2. The van der Waals surface area contributed by atoms with E-state index >= 15 is 0 Å². The number of benzene rings is 2. The number of halogens is 2. The predicted molar refractivity (Wildman–Crippen MR) is 133 cm³/mol. The number of anilines is 2. The molecule has 196 valence electrons. The summed E-state index contributed by atoms with van der Waals surface area (Å²) in [5, 5.41) is 32.5. The number of para-hydroxylation sites is 1. The molecule has 11 nitrogen and oxygen atoms in total. The van der Waals surface area contributed by atoms with Crippen LogP contribution in [0, 0.1) is 22.9 Å². The van der Waals surface area contributed by atoms with Gasteiger partial charge >= 0.3 is 5.97 Å². The van der Waals surface area contributed by atoms with E-state index in [2.05, 4.69) is 20.5 Å². The van der Waals surface area contributed by atoms with Gasteiger partial charge in [0.2, 0.25) is 0 Å². The average molecular weight is 535 g/mol. The van der Waals surface area contributed by atoms with Crippen LogP contribution in [0.5, 0.6) is 0 Å². The normalized spacial score (nSPS) is 10.9. The molecule has 3 rings (SSSR count). The van der Waals surface area contributed by atoms with Crippen LogP contribution >= 0.6 is 11.6 Å². The number of aliphatic hydroxyl groups is 1. The van der Waals surface area contributed by atoms with Gasteiger partial charge in [-0.25, -0.2) is 4.39 Å². The Bertz CT molecular complexity index is 1210. The second kappa shape index (κ2) is 14.3. The fraction of sp³-hybridized carbons (Fsp3) is 0.208. The van der Waals surface area contributed by atoms with Gasteiger partial charge in [0, 0.05) is 24.6 Å². The lowest BCUT2D eigenvalue weighted by molar-refractivity contribution is -0.759. The summed E-state index contributed by atoms with van der Waals surface area (Å²) in [5.74, 6) is -1.85. The number of aryl methyl sites for hydroxylation is 1. The van der Waals surface area contributed by atoms with Crippen molar-refractivity contribution in [1.82, 2.24) is 10.3 Å². The van der Waals surface area contributed by atoms with Crippen molar-refractivity contribution in [3.63, 3.8) is 0 Å². The van der Waals surface area contributed by atoms with Crippen LogP contribution in [-0.2, 0) is 16.1 Å². The quantitative estimate of drug-likeness (QED) is 0.225. The molecule has 1 heterocycles. The van der Waals surface area contributed by atoms with Crippen molar-refractivity contribution >= 4 is 34.9 Å². The van der Waals surface area contributed by atoms with Crippen molar-refractivity contribution in [3.05, 3.63) is 98.6 Å². The van der Waals surface area contributed by atoms with Gasteiger partial charge in [0.15, 0.2) is 0 Å². The van der Waals surface area contributed by atoms with Gasteiger partial charge in [-0.1, -0.05) is 35.4 Å². The lowest BCUT2D eigenvalue weighted by atomic mass is 10.1. The molecule has 1 atom stereocenters. The van der Waals surface area contributed by atoms with Crippen LogP contribution in [0.3, 0.4) is 0 Å². The molecule has 0 unspecified atom stereocenters. The fourth-order valence-electron chi connectivity index (χ4n) is 2.92. The van der Waals surface area contributed by atoms with Crippen LogP contribution in [0.25, 0.3) is 0 Å². The maximum absolute atomic E-state index is 13.7. The third-order valence-electron chi connectivity index (χ3n) is 4.62. The summed E-state index contributed by atoms with van der Waals surface area (Å²) in [6, 6.07) is 12.8. The molecular formula is C24H24ClFN4O7. The zero-order valence-electron chi connectivity index (χ0n) is 19.6. The third kappa shape index (κ3) is 10.1. The molecule has 37 heavy (non-hydrogen) atoms. The number of pyridine rings is 1. The predicted octanol–water partition coefficient (Wildman–Crippen LogP) is 3.54. The Kier molecular flexibility index (Phi) is 11.2. The molecule has 0 spiro atoms. The highest BCUT2D eigenvalue weighted by atomic mass is 35.5. The molecule has 1 amide bonds. The molecule has 0 aliphatic heterocycles. The topological polar surface area (TPSA) is 164 Å². The summed E-state index contributed by atoms with van der Waals surface area (Å²) in [6.45, 7) is 1.24. The molecule has 0 aliphatic carbocycles. The van der Waals surface area contributed by atoms with Crippen LogP contribution in [-0.4, -0.2) is 51.4 Å². The van der Waals surface area contributed by atoms with Crippen molar-refractivity contribution in [1.29, 1.82) is 0 Å². The van der Waals surface area contributed by atoms with Gasteiger partial charge < -0.3 is 25.7 Å². The van der Waals surface area contributed by atoms with Gasteiger partial charge in [-0.15, -0.1) is 10.1 Å². The van der Waals surface area contributed by atoms with E-state index in [0.29, 0.717) is 16.8 Å². The first-order valence-electron chi connectivity index (χ1n) is 10.7. The number of nitrogens with one attached hydrogen (secondary N) is 2. The van der Waals surface area contributed by atoms with E-state index in [-0.39, 0.29) is 23.7 Å². The molecule has 0 saturated carbocycles. The van der Waals surface area contributed by atoms with Crippen LogP contribution < -0.4 is 10.6 Å². The van der Waals surface area contributed by atoms with E-state index in [4.69, 9.17) is 16.7 Å². The number of hydrogen-bond donors (Lipinski definition) is 4. The smallest absolute Gasteiger partial charge is 0.307 e. The van der Waals surface area contributed by atoms with E-state index in [9.17, 15) is 29.2 Å². The monoisotopic (exact) mass is 534 g/mol. The first-order valence-corrected chi connectivity index (χ1v) is 11.1. The summed E-state index contributed by atoms with van der Waals surface area (Å²) >= 11 is 5.95. The summed E-state index contributed by atoms with van der Waals surface area (Å²) in [5.41, 5.74) is 2.54. The van der Waals surface area contributed by atoms with E-state index in [0.717, 1.165) is 5.56 Å². The third-order valence-corrected chi connectivity index (χ3v) is 4.93. The second-order valence-corrected chi connectivity index (χ2v) is 7.98. The number of nitrogens with zero attached hydrogens (tertiary/aromatic N) is 2. The van der Waals surface area contributed by atoms with Gasteiger partial charge in [-0.05, 0) is 42.8 Å². The molecular weight excluding hydrogens is 511 g/mol. The Morgan fingerprint density at radius 3 is 2.62 bits per heavy atom. The Labute approximate surface area is 216 Å². The number of hydrogen-bond acceptors (Lipinski definition) is 8. The van der Waals surface area contributed by atoms with Crippen molar-refractivity contribution in [3.8, 4) is 0 Å². The number of aliphatic carboxylic acids is 1. The van der Waals surface area contributed by atoms with Crippen LogP contribution in [0.4, 0.5) is 15.8 Å². The molecule has 2 aromatic carbocycles. The summed E-state index contributed by atoms with van der Waals surface area (Å²) in [4.78, 5) is 39.9. The highest BCUT2D eigenvalue weighted by Gasteiger charge is 2.12. The fourth-order valence-corrected chi connectivity index (χ4v) is 3.13. The zero-order chi connectivity index (χ0) is 27.4. The molecule has 0 aliphatic rings. The molecule has 3 aromatic rings. The Hall–Kier alpha value is -4.29. The minimum Gasteiger partial charge on any atom is -0.481 e. The number of carboxylic acids is 1. The number of rotatable bonds is 10. The first kappa shape index (κ1) is 28.9. The van der Waals surface area contributed by atoms with Gasteiger partial charge in [-0.3, -0.25) is 14.6 Å². The van der Waals surface area contributed by atoms with Gasteiger partial charge in [0.05, 0.1) is 28.8 Å². The second-order valence-electron chi connectivity index (χ2n) is 7.58. The summed E-state index contributed by atoms with van der Waals surface area (Å²) in [6.07, 6.45) is 1.61. The molecule has 0 saturated heterocycles. The molecule has 0 fully saturated rings. The Morgan fingerprint density at radius 1 is 1.24 bits per heavy atom. The molecule has 4 N–H and O–H groups in total. The minimum atomic E-state index is -1.14. The number of aliphatic hydroxyl groups excluding tert-OH is 1. The number of aromatic nitrogens is 1. The molecule has 0 radical (unpaired) electrons. The van der Waals surface area contributed by atoms with Crippen LogP contribution in [0.1, 0.15) is 21.5 Å². The SMILES string of the molecule is Cc1ccc(Nc2c(F)cccc2Cl)c(CC(=O)O)c1.O=C(NC[C@@H](O)CO[N+](=O)[O-])c1cccnc1. The van der Waals surface area contributed by atoms with E-state index in [1.807, 2.05) is 13.0 Å². The molecule has 13 heteroatoms. The van der Waals surface area contributed by atoms with Gasteiger partial charge in [0.25, 0.3) is 11.0 Å². The van der Waals surface area contributed by atoms with E-state index < -0.39 is 35.5 Å². The Balaban J connectivity index is 0.000000264.